The van der Waals surface area contributed by atoms with Crippen LogP contribution < -0.4 is 0 Å². The second kappa shape index (κ2) is 5.26. The van der Waals surface area contributed by atoms with Crippen molar-refractivity contribution in [2.75, 3.05) is 21.3 Å². The minimum atomic E-state index is -3.01. The van der Waals surface area contributed by atoms with Crippen LogP contribution in [0.2, 0.25) is 0 Å². The zero-order chi connectivity index (χ0) is 10.6. The van der Waals surface area contributed by atoms with Crippen LogP contribution in [0.4, 0.5) is 0 Å². The molecule has 4 nitrogen and oxygen atoms in total. The highest BCUT2D eigenvalue weighted by atomic mass is 31.2. The summed E-state index contributed by atoms with van der Waals surface area (Å²) in [6.07, 6.45) is 5.89. The summed E-state index contributed by atoms with van der Waals surface area (Å²) in [5.41, 5.74) is 0. The lowest BCUT2D eigenvalue weighted by Gasteiger charge is -2.34. The molecule has 0 aromatic rings. The van der Waals surface area contributed by atoms with Crippen LogP contribution in [-0.4, -0.2) is 32.0 Å². The maximum atomic E-state index is 12.0. The number of rotatable bonds is 4. The number of hydrogen-bond donors (Lipinski definition) is 0. The van der Waals surface area contributed by atoms with E-state index in [0.717, 1.165) is 12.8 Å². The summed E-state index contributed by atoms with van der Waals surface area (Å²) in [4.78, 5) is 0. The predicted octanol–water partition coefficient (Wildman–Crippen LogP) is 2.65. The SMILES string of the molecule is COP(=O)(OC)N(C)C1CCCCC1. The first-order valence-corrected chi connectivity index (χ1v) is 6.58. The molecular formula is C9H20NO3P. The molecular weight excluding hydrogens is 201 g/mol. The Bertz CT molecular complexity index is 208. The second-order valence-electron chi connectivity index (χ2n) is 3.70. The van der Waals surface area contributed by atoms with Gasteiger partial charge in [0, 0.05) is 20.3 Å². The van der Waals surface area contributed by atoms with Crippen LogP contribution >= 0.6 is 7.75 Å². The molecule has 1 aliphatic rings. The van der Waals surface area contributed by atoms with Crippen molar-refractivity contribution >= 4 is 7.75 Å². The van der Waals surface area contributed by atoms with Crippen LogP contribution in [0.5, 0.6) is 0 Å². The van der Waals surface area contributed by atoms with Gasteiger partial charge >= 0.3 is 7.75 Å². The van der Waals surface area contributed by atoms with Crippen LogP contribution in [0.25, 0.3) is 0 Å². The molecule has 0 spiro atoms. The van der Waals surface area contributed by atoms with Gasteiger partial charge in [0.05, 0.1) is 0 Å². The molecule has 14 heavy (non-hydrogen) atoms. The summed E-state index contributed by atoms with van der Waals surface area (Å²) in [5.74, 6) is 0. The average molecular weight is 221 g/mol. The fraction of sp³-hybridized carbons (Fsp3) is 1.00. The smallest absolute Gasteiger partial charge is 0.300 e. The van der Waals surface area contributed by atoms with Gasteiger partial charge in [-0.25, -0.2) is 9.24 Å². The molecule has 1 saturated carbocycles. The summed E-state index contributed by atoms with van der Waals surface area (Å²) in [6.45, 7) is 0. The molecule has 0 aromatic heterocycles. The summed E-state index contributed by atoms with van der Waals surface area (Å²) < 4.78 is 23.7. The Morgan fingerprint density at radius 3 is 2.07 bits per heavy atom. The zero-order valence-electron chi connectivity index (χ0n) is 9.23. The summed E-state index contributed by atoms with van der Waals surface area (Å²) >= 11 is 0. The van der Waals surface area contributed by atoms with Crippen LogP contribution in [-0.2, 0) is 13.6 Å². The van der Waals surface area contributed by atoms with E-state index >= 15 is 0 Å². The van der Waals surface area contributed by atoms with E-state index in [0.29, 0.717) is 6.04 Å². The van der Waals surface area contributed by atoms with Gasteiger partial charge in [0.15, 0.2) is 0 Å². The van der Waals surface area contributed by atoms with Crippen molar-refractivity contribution in [1.29, 1.82) is 0 Å². The first kappa shape index (κ1) is 12.2. The first-order chi connectivity index (χ1) is 6.64. The normalized spacial score (nSPS) is 20.3. The minimum Gasteiger partial charge on any atom is -0.300 e. The summed E-state index contributed by atoms with van der Waals surface area (Å²) in [5, 5.41) is 0. The van der Waals surface area contributed by atoms with Gasteiger partial charge in [-0.05, 0) is 19.9 Å². The van der Waals surface area contributed by atoms with E-state index in [4.69, 9.17) is 9.05 Å². The summed E-state index contributed by atoms with van der Waals surface area (Å²) in [7, 11) is 1.68. The van der Waals surface area contributed by atoms with Crippen molar-refractivity contribution in [2.24, 2.45) is 0 Å². The Morgan fingerprint density at radius 1 is 1.14 bits per heavy atom. The molecule has 0 saturated heterocycles. The standard InChI is InChI=1S/C9H20NO3P/c1-10(14(11,12-2)13-3)9-7-5-4-6-8-9/h9H,4-8H2,1-3H3. The molecule has 1 rings (SSSR count). The van der Waals surface area contributed by atoms with Crippen molar-refractivity contribution in [3.8, 4) is 0 Å². The van der Waals surface area contributed by atoms with Crippen molar-refractivity contribution in [3.63, 3.8) is 0 Å². The van der Waals surface area contributed by atoms with Gasteiger partial charge in [-0.3, -0.25) is 9.05 Å². The summed E-state index contributed by atoms with van der Waals surface area (Å²) in [6, 6.07) is 0.342. The van der Waals surface area contributed by atoms with E-state index in [1.165, 1.54) is 33.5 Å². The third-order valence-corrected chi connectivity index (χ3v) is 4.97. The number of hydrogen-bond acceptors (Lipinski definition) is 3. The van der Waals surface area contributed by atoms with Gasteiger partial charge in [-0.15, -0.1) is 0 Å². The minimum absolute atomic E-state index is 0.342. The Labute approximate surface area is 86.2 Å². The van der Waals surface area contributed by atoms with Crippen LogP contribution in [0.15, 0.2) is 0 Å². The van der Waals surface area contributed by atoms with Crippen LogP contribution in [0.1, 0.15) is 32.1 Å². The van der Waals surface area contributed by atoms with Crippen molar-refractivity contribution in [2.45, 2.75) is 38.1 Å². The molecule has 0 N–H and O–H groups in total. The van der Waals surface area contributed by atoms with Crippen LogP contribution in [0.3, 0.4) is 0 Å². The molecule has 84 valence electrons. The molecule has 5 heteroatoms. The molecule has 0 unspecified atom stereocenters. The van der Waals surface area contributed by atoms with Crippen LogP contribution in [0, 0.1) is 0 Å². The highest BCUT2D eigenvalue weighted by Crippen LogP contribution is 2.52. The Morgan fingerprint density at radius 2 is 1.64 bits per heavy atom. The Hall–Kier alpha value is 0.110. The molecule has 0 bridgehead atoms. The van der Waals surface area contributed by atoms with Gasteiger partial charge in [-0.1, -0.05) is 19.3 Å². The monoisotopic (exact) mass is 221 g/mol. The number of nitrogens with zero attached hydrogens (tertiary/aromatic N) is 1. The van der Waals surface area contributed by atoms with E-state index in [1.54, 1.807) is 4.67 Å². The predicted molar refractivity (Wildman–Crippen MR) is 56.3 cm³/mol. The molecule has 0 atom stereocenters. The molecule has 0 aromatic carbocycles. The quantitative estimate of drug-likeness (QED) is 0.684. The topological polar surface area (TPSA) is 38.8 Å². The van der Waals surface area contributed by atoms with Gasteiger partial charge in [-0.2, -0.15) is 0 Å². The molecule has 1 aliphatic carbocycles. The maximum Gasteiger partial charge on any atom is 0.407 e. The van der Waals surface area contributed by atoms with Gasteiger partial charge in [0.25, 0.3) is 0 Å². The molecule has 0 amide bonds. The third-order valence-electron chi connectivity index (χ3n) is 2.95. The largest absolute Gasteiger partial charge is 0.407 e. The van der Waals surface area contributed by atoms with Crippen molar-refractivity contribution < 1.29 is 13.6 Å². The van der Waals surface area contributed by atoms with Crippen molar-refractivity contribution in [1.82, 2.24) is 4.67 Å². The van der Waals surface area contributed by atoms with E-state index < -0.39 is 7.75 Å². The zero-order valence-corrected chi connectivity index (χ0v) is 10.1. The first-order valence-electron chi connectivity index (χ1n) is 5.09. The lowest BCUT2D eigenvalue weighted by molar-refractivity contribution is 0.179. The second-order valence-corrected chi connectivity index (χ2v) is 6.00. The lowest BCUT2D eigenvalue weighted by Crippen LogP contribution is -2.31. The maximum absolute atomic E-state index is 12.0. The third kappa shape index (κ3) is 2.57. The highest BCUT2D eigenvalue weighted by molar-refractivity contribution is 7.51. The lowest BCUT2D eigenvalue weighted by atomic mass is 9.96. The fourth-order valence-corrected chi connectivity index (χ4v) is 3.28. The van der Waals surface area contributed by atoms with Gasteiger partial charge in [0.1, 0.15) is 0 Å². The Balaban J connectivity index is 2.61. The molecule has 1 fully saturated rings. The van der Waals surface area contributed by atoms with Crippen molar-refractivity contribution in [3.05, 3.63) is 0 Å². The fourth-order valence-electron chi connectivity index (χ4n) is 1.99. The van der Waals surface area contributed by atoms with E-state index in [1.807, 2.05) is 7.05 Å². The molecule has 0 heterocycles. The van der Waals surface area contributed by atoms with E-state index in [-0.39, 0.29) is 0 Å². The molecule has 0 radical (unpaired) electrons. The highest BCUT2D eigenvalue weighted by Gasteiger charge is 2.34. The molecule has 0 aliphatic heterocycles. The average Bonchev–Trinajstić information content (AvgIpc) is 2.28. The van der Waals surface area contributed by atoms with Gasteiger partial charge in [0.2, 0.25) is 0 Å². The Kier molecular flexibility index (Phi) is 4.58. The van der Waals surface area contributed by atoms with Gasteiger partial charge < -0.3 is 0 Å². The van der Waals surface area contributed by atoms with E-state index in [2.05, 4.69) is 0 Å². The van der Waals surface area contributed by atoms with E-state index in [9.17, 15) is 4.57 Å².